The Morgan fingerprint density at radius 1 is 1.21 bits per heavy atom. The normalized spacial score (nSPS) is 18.7. The van der Waals surface area contributed by atoms with E-state index >= 15 is 0 Å². The van der Waals surface area contributed by atoms with Crippen LogP contribution in [0.25, 0.3) is 0 Å². The third kappa shape index (κ3) is 6.29. The van der Waals surface area contributed by atoms with Crippen molar-refractivity contribution in [1.82, 2.24) is 15.5 Å². The Bertz CT molecular complexity index is 1010. The molecule has 3 rings (SSSR count). The van der Waals surface area contributed by atoms with Crippen molar-refractivity contribution in [2.75, 3.05) is 39.5 Å². The average Bonchev–Trinajstić information content (AvgIpc) is 3.54. The van der Waals surface area contributed by atoms with Crippen molar-refractivity contribution in [3.63, 3.8) is 0 Å². The monoisotopic (exact) mass is 490 g/mol. The number of urea groups is 1. The SMILES string of the molecule is CN/C(=C\C(N)=NCc1ccc(NC(=O)NCCN(C)C)cc1)C1(S(=O)(=O)C2CC2)CCCC1. The Balaban J connectivity index is 1.63. The van der Waals surface area contributed by atoms with Crippen LogP contribution in [0.15, 0.2) is 41.0 Å². The Morgan fingerprint density at radius 2 is 1.85 bits per heavy atom. The summed E-state index contributed by atoms with van der Waals surface area (Å²) >= 11 is 0. The molecule has 0 aliphatic heterocycles. The van der Waals surface area contributed by atoms with Gasteiger partial charge in [0.2, 0.25) is 0 Å². The van der Waals surface area contributed by atoms with Gasteiger partial charge in [-0.15, -0.1) is 0 Å². The number of rotatable bonds is 11. The summed E-state index contributed by atoms with van der Waals surface area (Å²) in [7, 11) is 2.39. The molecule has 5 N–H and O–H groups in total. The van der Waals surface area contributed by atoms with Crippen LogP contribution in [0.3, 0.4) is 0 Å². The molecule has 0 aromatic heterocycles. The van der Waals surface area contributed by atoms with E-state index in [2.05, 4.69) is 20.9 Å². The number of amidine groups is 1. The minimum Gasteiger partial charge on any atom is -0.390 e. The number of nitrogens with zero attached hydrogens (tertiary/aromatic N) is 2. The molecule has 0 saturated heterocycles. The van der Waals surface area contributed by atoms with E-state index in [-0.39, 0.29) is 11.3 Å². The molecule has 1 aromatic carbocycles. The van der Waals surface area contributed by atoms with Crippen LogP contribution in [0.1, 0.15) is 44.1 Å². The van der Waals surface area contributed by atoms with Crippen molar-refractivity contribution in [3.8, 4) is 0 Å². The van der Waals surface area contributed by atoms with Gasteiger partial charge in [-0.05, 0) is 57.5 Å². The molecule has 34 heavy (non-hydrogen) atoms. The van der Waals surface area contributed by atoms with Crippen LogP contribution in [0.2, 0.25) is 0 Å². The van der Waals surface area contributed by atoms with Crippen LogP contribution in [-0.4, -0.2) is 69.4 Å². The molecule has 0 heterocycles. The molecule has 188 valence electrons. The molecular formula is C24H38N6O3S. The maximum atomic E-state index is 13.3. The Morgan fingerprint density at radius 3 is 2.41 bits per heavy atom. The van der Waals surface area contributed by atoms with E-state index in [9.17, 15) is 13.2 Å². The lowest BCUT2D eigenvalue weighted by Gasteiger charge is -2.31. The van der Waals surface area contributed by atoms with E-state index in [0.717, 1.165) is 37.8 Å². The number of amides is 2. The summed E-state index contributed by atoms with van der Waals surface area (Å²) < 4.78 is 25.7. The number of aliphatic imine (C=N–C) groups is 1. The van der Waals surface area contributed by atoms with Gasteiger partial charge >= 0.3 is 6.03 Å². The Labute approximate surface area is 203 Å². The first-order valence-electron chi connectivity index (χ1n) is 11.9. The lowest BCUT2D eigenvalue weighted by Crippen LogP contribution is -2.44. The third-order valence-electron chi connectivity index (χ3n) is 6.47. The van der Waals surface area contributed by atoms with Crippen LogP contribution in [0.5, 0.6) is 0 Å². The lowest BCUT2D eigenvalue weighted by atomic mass is 10.0. The van der Waals surface area contributed by atoms with Crippen LogP contribution < -0.4 is 21.7 Å². The molecular weight excluding hydrogens is 452 g/mol. The highest BCUT2D eigenvalue weighted by molar-refractivity contribution is 7.93. The van der Waals surface area contributed by atoms with E-state index in [1.54, 1.807) is 13.1 Å². The molecule has 0 spiro atoms. The quantitative estimate of drug-likeness (QED) is 0.278. The second-order valence-electron chi connectivity index (χ2n) is 9.38. The first-order chi connectivity index (χ1) is 16.2. The van der Waals surface area contributed by atoms with Gasteiger partial charge in [-0.1, -0.05) is 25.0 Å². The molecule has 2 aliphatic carbocycles. The zero-order valence-corrected chi connectivity index (χ0v) is 21.2. The second-order valence-corrected chi connectivity index (χ2v) is 11.9. The predicted molar refractivity (Wildman–Crippen MR) is 138 cm³/mol. The number of anilines is 1. The van der Waals surface area contributed by atoms with Gasteiger partial charge in [0.15, 0.2) is 9.84 Å². The van der Waals surface area contributed by atoms with Crippen LogP contribution in [0, 0.1) is 0 Å². The zero-order valence-electron chi connectivity index (χ0n) is 20.4. The number of nitrogens with one attached hydrogen (secondary N) is 3. The summed E-state index contributed by atoms with van der Waals surface area (Å²) in [6.45, 7) is 1.69. The molecule has 9 nitrogen and oxygen atoms in total. The number of benzene rings is 1. The molecule has 0 bridgehead atoms. The van der Waals surface area contributed by atoms with Crippen molar-refractivity contribution in [1.29, 1.82) is 0 Å². The zero-order chi connectivity index (χ0) is 24.8. The van der Waals surface area contributed by atoms with E-state index in [1.807, 2.05) is 43.3 Å². The van der Waals surface area contributed by atoms with Gasteiger partial charge in [-0.2, -0.15) is 0 Å². The van der Waals surface area contributed by atoms with Gasteiger partial charge in [0.1, 0.15) is 10.6 Å². The Hall–Kier alpha value is -2.59. The Kier molecular flexibility index (Phi) is 8.59. The van der Waals surface area contributed by atoms with Crippen molar-refractivity contribution in [2.45, 2.75) is 55.1 Å². The van der Waals surface area contributed by atoms with Gasteiger partial charge in [0, 0.05) is 37.6 Å². The highest BCUT2D eigenvalue weighted by Crippen LogP contribution is 2.48. The second kappa shape index (κ2) is 11.2. The van der Waals surface area contributed by atoms with E-state index < -0.39 is 14.6 Å². The summed E-state index contributed by atoms with van der Waals surface area (Å²) in [4.78, 5) is 18.4. The van der Waals surface area contributed by atoms with Crippen LogP contribution in [-0.2, 0) is 16.4 Å². The van der Waals surface area contributed by atoms with Crippen molar-refractivity contribution in [3.05, 3.63) is 41.6 Å². The maximum absolute atomic E-state index is 13.3. The van der Waals surface area contributed by atoms with Crippen molar-refractivity contribution < 1.29 is 13.2 Å². The largest absolute Gasteiger partial charge is 0.390 e. The highest BCUT2D eigenvalue weighted by atomic mass is 32.2. The number of carbonyl (C=O) groups excluding carboxylic acids is 1. The summed E-state index contributed by atoms with van der Waals surface area (Å²) in [5.74, 6) is 0.295. The average molecular weight is 491 g/mol. The van der Waals surface area contributed by atoms with Gasteiger partial charge in [0.05, 0.1) is 11.8 Å². The first kappa shape index (κ1) is 26.0. The van der Waals surface area contributed by atoms with Gasteiger partial charge in [-0.3, -0.25) is 4.99 Å². The minimum atomic E-state index is -3.26. The van der Waals surface area contributed by atoms with Gasteiger partial charge in [0.25, 0.3) is 0 Å². The molecule has 0 atom stereocenters. The number of hydrogen-bond donors (Lipinski definition) is 4. The number of hydrogen-bond acceptors (Lipinski definition) is 6. The predicted octanol–water partition coefficient (Wildman–Crippen LogP) is 2.22. The van der Waals surface area contributed by atoms with Gasteiger partial charge in [-0.25, -0.2) is 13.2 Å². The smallest absolute Gasteiger partial charge is 0.319 e. The number of likely N-dealkylation sites (N-methyl/N-ethyl adjacent to an activating group) is 1. The molecule has 2 aliphatic rings. The standard InChI is InChI=1S/C24H38N6O3S/c1-26-21(24(12-4-5-13-24)34(32,33)20-10-11-20)16-22(25)28-17-18-6-8-19(9-7-18)29-23(31)27-14-15-30(2)3/h6-9,16,20,26H,4-5,10-15,17H2,1-3H3,(H2,25,28)(H2,27,29,31)/b21-16-. The van der Waals surface area contributed by atoms with Gasteiger partial charge < -0.3 is 26.6 Å². The molecule has 2 saturated carbocycles. The fraction of sp³-hybridized carbons (Fsp3) is 0.583. The summed E-state index contributed by atoms with van der Waals surface area (Å²) in [6.07, 6.45) is 6.26. The molecule has 0 radical (unpaired) electrons. The van der Waals surface area contributed by atoms with Crippen molar-refractivity contribution >= 4 is 27.4 Å². The summed E-state index contributed by atoms with van der Waals surface area (Å²) in [6, 6.07) is 7.15. The molecule has 2 fully saturated rings. The van der Waals surface area contributed by atoms with Crippen LogP contribution >= 0.6 is 0 Å². The topological polar surface area (TPSA) is 129 Å². The number of carbonyl (C=O) groups is 1. The highest BCUT2D eigenvalue weighted by Gasteiger charge is 2.54. The summed E-state index contributed by atoms with van der Waals surface area (Å²) in [5.41, 5.74) is 8.47. The molecule has 10 heteroatoms. The minimum absolute atomic E-state index is 0.220. The fourth-order valence-electron chi connectivity index (χ4n) is 4.42. The van der Waals surface area contributed by atoms with E-state index in [0.29, 0.717) is 43.2 Å². The van der Waals surface area contributed by atoms with Crippen molar-refractivity contribution in [2.24, 2.45) is 10.7 Å². The first-order valence-corrected chi connectivity index (χ1v) is 13.4. The van der Waals surface area contributed by atoms with E-state index in [4.69, 9.17) is 5.73 Å². The summed E-state index contributed by atoms with van der Waals surface area (Å²) in [5, 5.41) is 8.51. The van der Waals surface area contributed by atoms with Crippen LogP contribution in [0.4, 0.5) is 10.5 Å². The number of nitrogens with two attached hydrogens (primary N) is 1. The maximum Gasteiger partial charge on any atom is 0.319 e. The fourth-order valence-corrected chi connectivity index (χ4v) is 7.14. The molecule has 1 aromatic rings. The molecule has 2 amide bonds. The third-order valence-corrected chi connectivity index (χ3v) is 9.54. The van der Waals surface area contributed by atoms with E-state index in [1.165, 1.54) is 0 Å². The molecule has 0 unspecified atom stereocenters. The number of sulfone groups is 1. The lowest BCUT2D eigenvalue weighted by molar-refractivity contribution is 0.250.